The Kier molecular flexibility index (Phi) is 5.96. The summed E-state index contributed by atoms with van der Waals surface area (Å²) in [4.78, 5) is 0.290. The van der Waals surface area contributed by atoms with Crippen LogP contribution in [0.2, 0.25) is 0 Å². The first-order valence-electron chi connectivity index (χ1n) is 7.39. The minimum absolute atomic E-state index is 0.00710. The Bertz CT molecular complexity index is 543. The Morgan fingerprint density at radius 2 is 1.67 bits per heavy atom. The molecule has 1 aromatic rings. The monoisotopic (exact) mass is 312 g/mol. The summed E-state index contributed by atoms with van der Waals surface area (Å²) in [7, 11) is -3.51. The van der Waals surface area contributed by atoms with Crippen LogP contribution >= 0.6 is 0 Å². The highest BCUT2D eigenvalue weighted by atomic mass is 32.2. The van der Waals surface area contributed by atoms with Gasteiger partial charge in [0.15, 0.2) is 0 Å². The van der Waals surface area contributed by atoms with E-state index < -0.39 is 10.0 Å². The summed E-state index contributed by atoms with van der Waals surface area (Å²) in [5.74, 6) is 0.393. The van der Waals surface area contributed by atoms with E-state index in [9.17, 15) is 8.42 Å². The van der Waals surface area contributed by atoms with E-state index in [4.69, 9.17) is 5.73 Å². The summed E-state index contributed by atoms with van der Waals surface area (Å²) in [5.41, 5.74) is 6.78. The third kappa shape index (κ3) is 5.41. The van der Waals surface area contributed by atoms with E-state index in [1.54, 1.807) is 12.1 Å². The van der Waals surface area contributed by atoms with Gasteiger partial charge in [-0.3, -0.25) is 0 Å². The average molecular weight is 312 g/mol. The standard InChI is InChI=1S/C16H28N2O2S/c1-12(2)10-14(11-17)18-21(19,20)15-8-6-13(7-9-15)16(3,4)5/h6-9,12,14,18H,10-11,17H2,1-5H3. The second kappa shape index (κ2) is 6.90. The Morgan fingerprint density at radius 3 is 2.05 bits per heavy atom. The zero-order chi connectivity index (χ0) is 16.3. The maximum Gasteiger partial charge on any atom is 0.240 e. The molecule has 0 amide bonds. The number of hydrogen-bond donors (Lipinski definition) is 2. The molecule has 4 nitrogen and oxygen atoms in total. The van der Waals surface area contributed by atoms with Crippen molar-refractivity contribution in [1.29, 1.82) is 0 Å². The van der Waals surface area contributed by atoms with Crippen LogP contribution in [-0.2, 0) is 15.4 Å². The molecule has 1 aromatic carbocycles. The van der Waals surface area contributed by atoms with E-state index in [1.807, 2.05) is 12.1 Å². The van der Waals surface area contributed by atoms with Gasteiger partial charge in [-0.25, -0.2) is 13.1 Å². The van der Waals surface area contributed by atoms with Gasteiger partial charge >= 0.3 is 0 Å². The molecular weight excluding hydrogens is 284 g/mol. The fraction of sp³-hybridized carbons (Fsp3) is 0.625. The van der Waals surface area contributed by atoms with E-state index in [-0.39, 0.29) is 16.4 Å². The quantitative estimate of drug-likeness (QED) is 0.848. The number of rotatable bonds is 6. The molecule has 3 N–H and O–H groups in total. The van der Waals surface area contributed by atoms with Gasteiger partial charge in [0, 0.05) is 12.6 Å². The van der Waals surface area contributed by atoms with Crippen molar-refractivity contribution in [2.75, 3.05) is 6.54 Å². The van der Waals surface area contributed by atoms with Crippen LogP contribution in [0.3, 0.4) is 0 Å². The smallest absolute Gasteiger partial charge is 0.240 e. The largest absolute Gasteiger partial charge is 0.329 e. The Balaban J connectivity index is 2.92. The van der Waals surface area contributed by atoms with Crippen LogP contribution in [0.5, 0.6) is 0 Å². The number of nitrogens with one attached hydrogen (secondary N) is 1. The van der Waals surface area contributed by atoms with Gasteiger partial charge in [0.25, 0.3) is 0 Å². The van der Waals surface area contributed by atoms with Gasteiger partial charge < -0.3 is 5.73 Å². The minimum Gasteiger partial charge on any atom is -0.329 e. The predicted molar refractivity (Wildman–Crippen MR) is 87.8 cm³/mol. The molecule has 21 heavy (non-hydrogen) atoms. The molecule has 0 radical (unpaired) electrons. The minimum atomic E-state index is -3.51. The van der Waals surface area contributed by atoms with E-state index in [1.165, 1.54) is 0 Å². The second-order valence-corrected chi connectivity index (χ2v) is 8.67. The topological polar surface area (TPSA) is 72.2 Å². The van der Waals surface area contributed by atoms with Gasteiger partial charge in [0.1, 0.15) is 0 Å². The normalized spacial score (nSPS) is 14.4. The maximum absolute atomic E-state index is 12.4. The summed E-state index contributed by atoms with van der Waals surface area (Å²) >= 11 is 0. The second-order valence-electron chi connectivity index (χ2n) is 6.96. The first-order valence-corrected chi connectivity index (χ1v) is 8.87. The van der Waals surface area contributed by atoms with Crippen LogP contribution < -0.4 is 10.5 Å². The Labute approximate surface area is 129 Å². The van der Waals surface area contributed by atoms with E-state index in [2.05, 4.69) is 39.3 Å². The molecule has 0 aromatic heterocycles. The van der Waals surface area contributed by atoms with Gasteiger partial charge in [-0.05, 0) is 35.4 Å². The van der Waals surface area contributed by atoms with E-state index in [0.29, 0.717) is 12.5 Å². The first-order chi connectivity index (χ1) is 9.56. The fourth-order valence-corrected chi connectivity index (χ4v) is 3.44. The molecule has 0 fully saturated rings. The zero-order valence-corrected chi connectivity index (χ0v) is 14.5. The van der Waals surface area contributed by atoms with Gasteiger partial charge in [0.2, 0.25) is 10.0 Å². The lowest BCUT2D eigenvalue weighted by atomic mass is 9.87. The van der Waals surface area contributed by atoms with Crippen molar-refractivity contribution >= 4 is 10.0 Å². The number of nitrogens with two attached hydrogens (primary N) is 1. The highest BCUT2D eigenvalue weighted by molar-refractivity contribution is 7.89. The van der Waals surface area contributed by atoms with Crippen molar-refractivity contribution in [2.45, 2.75) is 57.4 Å². The molecule has 0 aliphatic carbocycles. The third-order valence-corrected chi connectivity index (χ3v) is 4.93. The van der Waals surface area contributed by atoms with Crippen LogP contribution in [-0.4, -0.2) is 21.0 Å². The van der Waals surface area contributed by atoms with Crippen LogP contribution in [0.1, 0.15) is 46.6 Å². The molecule has 0 heterocycles. The molecule has 1 unspecified atom stereocenters. The number of sulfonamides is 1. The van der Waals surface area contributed by atoms with Crippen molar-refractivity contribution in [2.24, 2.45) is 11.7 Å². The molecule has 1 atom stereocenters. The molecule has 0 saturated carbocycles. The van der Waals surface area contributed by atoms with Crippen LogP contribution in [0, 0.1) is 5.92 Å². The Morgan fingerprint density at radius 1 is 1.14 bits per heavy atom. The van der Waals surface area contributed by atoms with Crippen molar-refractivity contribution in [3.05, 3.63) is 29.8 Å². The van der Waals surface area contributed by atoms with Crippen LogP contribution in [0.25, 0.3) is 0 Å². The molecule has 0 saturated heterocycles. The van der Waals surface area contributed by atoms with Crippen LogP contribution in [0.4, 0.5) is 0 Å². The molecule has 0 spiro atoms. The first kappa shape index (κ1) is 18.1. The molecular formula is C16H28N2O2S. The van der Waals surface area contributed by atoms with Gasteiger partial charge in [-0.15, -0.1) is 0 Å². The lowest BCUT2D eigenvalue weighted by Crippen LogP contribution is -2.40. The summed E-state index contributed by atoms with van der Waals surface area (Å²) in [5, 5.41) is 0. The molecule has 0 aliphatic heterocycles. The molecule has 1 rings (SSSR count). The highest BCUT2D eigenvalue weighted by Gasteiger charge is 2.21. The summed E-state index contributed by atoms with van der Waals surface area (Å²) in [6.07, 6.45) is 0.732. The maximum atomic E-state index is 12.4. The fourth-order valence-electron chi connectivity index (χ4n) is 2.18. The van der Waals surface area contributed by atoms with Crippen molar-refractivity contribution in [3.63, 3.8) is 0 Å². The van der Waals surface area contributed by atoms with Crippen molar-refractivity contribution in [1.82, 2.24) is 4.72 Å². The average Bonchev–Trinajstić information content (AvgIpc) is 2.36. The van der Waals surface area contributed by atoms with Crippen molar-refractivity contribution < 1.29 is 8.42 Å². The lowest BCUT2D eigenvalue weighted by molar-refractivity contribution is 0.465. The number of benzene rings is 1. The molecule has 0 aliphatic rings. The summed E-state index contributed by atoms with van der Waals surface area (Å²) < 4.78 is 27.5. The van der Waals surface area contributed by atoms with Gasteiger partial charge in [-0.1, -0.05) is 46.8 Å². The van der Waals surface area contributed by atoms with Crippen LogP contribution in [0.15, 0.2) is 29.2 Å². The van der Waals surface area contributed by atoms with Gasteiger partial charge in [0.05, 0.1) is 4.90 Å². The highest BCUT2D eigenvalue weighted by Crippen LogP contribution is 2.23. The van der Waals surface area contributed by atoms with Gasteiger partial charge in [-0.2, -0.15) is 0 Å². The molecule has 120 valence electrons. The summed E-state index contributed by atoms with van der Waals surface area (Å²) in [6, 6.07) is 6.83. The Hall–Kier alpha value is -0.910. The lowest BCUT2D eigenvalue weighted by Gasteiger charge is -2.21. The van der Waals surface area contributed by atoms with Crippen molar-refractivity contribution in [3.8, 4) is 0 Å². The van der Waals surface area contributed by atoms with E-state index >= 15 is 0 Å². The van der Waals surface area contributed by atoms with E-state index in [0.717, 1.165) is 12.0 Å². The summed E-state index contributed by atoms with van der Waals surface area (Å²) in [6.45, 7) is 10.7. The number of hydrogen-bond acceptors (Lipinski definition) is 3. The SMILES string of the molecule is CC(C)CC(CN)NS(=O)(=O)c1ccc(C(C)(C)C)cc1. The predicted octanol–water partition coefficient (Wildman–Crippen LogP) is 2.64. The molecule has 5 heteroatoms. The zero-order valence-electron chi connectivity index (χ0n) is 13.7. The third-order valence-electron chi connectivity index (χ3n) is 3.39. The molecule has 0 bridgehead atoms.